The molecule has 4 nitrogen and oxygen atoms in total. The molecule has 1 aliphatic rings. The summed E-state index contributed by atoms with van der Waals surface area (Å²) in [6.07, 6.45) is 0. The molecular formula is C17H29N3O. The van der Waals surface area contributed by atoms with Gasteiger partial charge in [-0.1, -0.05) is 19.9 Å². The van der Waals surface area contributed by atoms with E-state index in [4.69, 9.17) is 4.74 Å². The third kappa shape index (κ3) is 4.90. The quantitative estimate of drug-likeness (QED) is 0.808. The molecule has 0 saturated carbocycles. The maximum Gasteiger partial charge on any atom is 0.142 e. The van der Waals surface area contributed by atoms with Crippen molar-refractivity contribution >= 4 is 5.69 Å². The third-order valence-electron chi connectivity index (χ3n) is 3.66. The molecule has 0 spiro atoms. The van der Waals surface area contributed by atoms with E-state index in [1.807, 2.05) is 6.92 Å². The summed E-state index contributed by atoms with van der Waals surface area (Å²) in [5.74, 6) is 1.69. The van der Waals surface area contributed by atoms with E-state index in [1.165, 1.54) is 11.3 Å². The van der Waals surface area contributed by atoms with Crippen molar-refractivity contribution in [2.45, 2.75) is 27.3 Å². The minimum atomic E-state index is 0.677. The predicted octanol–water partition coefficient (Wildman–Crippen LogP) is 2.24. The maximum atomic E-state index is 5.87. The molecule has 0 amide bonds. The van der Waals surface area contributed by atoms with Crippen LogP contribution in [0.2, 0.25) is 0 Å². The van der Waals surface area contributed by atoms with Gasteiger partial charge in [-0.3, -0.25) is 0 Å². The van der Waals surface area contributed by atoms with Crippen LogP contribution in [-0.4, -0.2) is 39.3 Å². The molecule has 1 saturated heterocycles. The van der Waals surface area contributed by atoms with Crippen LogP contribution < -0.4 is 20.3 Å². The van der Waals surface area contributed by atoms with Crippen molar-refractivity contribution in [2.24, 2.45) is 5.92 Å². The molecule has 0 radical (unpaired) electrons. The van der Waals surface area contributed by atoms with Crippen molar-refractivity contribution in [3.8, 4) is 5.75 Å². The highest BCUT2D eigenvalue weighted by Gasteiger charge is 2.15. The number of nitrogens with zero attached hydrogens (tertiary/aromatic N) is 1. The first-order valence-electron chi connectivity index (χ1n) is 8.12. The van der Waals surface area contributed by atoms with Gasteiger partial charge in [0.05, 0.1) is 12.3 Å². The van der Waals surface area contributed by atoms with Crippen molar-refractivity contribution in [1.29, 1.82) is 0 Å². The highest BCUT2D eigenvalue weighted by Crippen LogP contribution is 2.30. The van der Waals surface area contributed by atoms with Crippen molar-refractivity contribution in [1.82, 2.24) is 10.6 Å². The van der Waals surface area contributed by atoms with Crippen LogP contribution in [0.5, 0.6) is 5.75 Å². The predicted molar refractivity (Wildman–Crippen MR) is 89.2 cm³/mol. The average molecular weight is 291 g/mol. The molecule has 1 heterocycles. The van der Waals surface area contributed by atoms with Crippen LogP contribution in [0.1, 0.15) is 26.3 Å². The molecule has 4 heteroatoms. The number of nitrogens with one attached hydrogen (secondary N) is 2. The van der Waals surface area contributed by atoms with Crippen molar-refractivity contribution in [2.75, 3.05) is 44.2 Å². The molecule has 2 rings (SSSR count). The maximum absolute atomic E-state index is 5.87. The van der Waals surface area contributed by atoms with Gasteiger partial charge in [0.25, 0.3) is 0 Å². The first kappa shape index (κ1) is 16.1. The largest absolute Gasteiger partial charge is 0.492 e. The summed E-state index contributed by atoms with van der Waals surface area (Å²) in [6.45, 7) is 13.3. The topological polar surface area (TPSA) is 36.5 Å². The van der Waals surface area contributed by atoms with E-state index in [1.54, 1.807) is 0 Å². The summed E-state index contributed by atoms with van der Waals surface area (Å²) < 4.78 is 5.87. The second-order valence-electron chi connectivity index (χ2n) is 6.00. The zero-order valence-corrected chi connectivity index (χ0v) is 13.6. The van der Waals surface area contributed by atoms with Crippen LogP contribution in [-0.2, 0) is 6.54 Å². The molecule has 1 aliphatic heterocycles. The Morgan fingerprint density at radius 3 is 2.71 bits per heavy atom. The minimum absolute atomic E-state index is 0.677. The second kappa shape index (κ2) is 8.25. The van der Waals surface area contributed by atoms with Gasteiger partial charge in [-0.15, -0.1) is 0 Å². The molecule has 1 fully saturated rings. The van der Waals surface area contributed by atoms with Crippen LogP contribution in [0.3, 0.4) is 0 Å². The Bertz CT molecular complexity index is 428. The third-order valence-corrected chi connectivity index (χ3v) is 3.66. The number of hydrogen-bond donors (Lipinski definition) is 2. The molecule has 118 valence electrons. The minimum Gasteiger partial charge on any atom is -0.492 e. The summed E-state index contributed by atoms with van der Waals surface area (Å²) in [5, 5.41) is 6.88. The SMILES string of the molecule is CCOc1cc(CNCC(C)C)ccc1N1CCNCC1. The van der Waals surface area contributed by atoms with Crippen LogP contribution in [0.25, 0.3) is 0 Å². The number of hydrogen-bond acceptors (Lipinski definition) is 4. The van der Waals surface area contributed by atoms with E-state index in [9.17, 15) is 0 Å². The smallest absolute Gasteiger partial charge is 0.142 e. The second-order valence-corrected chi connectivity index (χ2v) is 6.00. The molecule has 0 bridgehead atoms. The molecule has 21 heavy (non-hydrogen) atoms. The Balaban J connectivity index is 2.06. The lowest BCUT2D eigenvalue weighted by molar-refractivity contribution is 0.339. The van der Waals surface area contributed by atoms with Gasteiger partial charge >= 0.3 is 0 Å². The van der Waals surface area contributed by atoms with Gasteiger partial charge in [-0.05, 0) is 37.1 Å². The summed E-state index contributed by atoms with van der Waals surface area (Å²) in [4.78, 5) is 2.41. The molecule has 2 N–H and O–H groups in total. The summed E-state index contributed by atoms with van der Waals surface area (Å²) in [6, 6.07) is 6.62. The van der Waals surface area contributed by atoms with Gasteiger partial charge < -0.3 is 20.3 Å². The fraction of sp³-hybridized carbons (Fsp3) is 0.647. The molecule has 0 unspecified atom stereocenters. The molecule has 1 aromatic carbocycles. The van der Waals surface area contributed by atoms with E-state index in [0.717, 1.165) is 45.0 Å². The van der Waals surface area contributed by atoms with E-state index < -0.39 is 0 Å². The summed E-state index contributed by atoms with van der Waals surface area (Å²) >= 11 is 0. The van der Waals surface area contributed by atoms with Crippen LogP contribution in [0.15, 0.2) is 18.2 Å². The standard InChI is InChI=1S/C17H29N3O/c1-4-21-17-11-15(13-19-12-14(2)3)5-6-16(17)20-9-7-18-8-10-20/h5-6,11,14,18-19H,4,7-10,12-13H2,1-3H3. The normalized spacial score (nSPS) is 15.5. The Hall–Kier alpha value is -1.26. The van der Waals surface area contributed by atoms with E-state index in [2.05, 4.69) is 47.6 Å². The van der Waals surface area contributed by atoms with Crippen molar-refractivity contribution in [3.05, 3.63) is 23.8 Å². The van der Waals surface area contributed by atoms with Crippen LogP contribution in [0.4, 0.5) is 5.69 Å². The summed E-state index contributed by atoms with van der Waals surface area (Å²) in [7, 11) is 0. The van der Waals surface area contributed by atoms with Gasteiger partial charge in [0.15, 0.2) is 0 Å². The van der Waals surface area contributed by atoms with Gasteiger partial charge in [-0.2, -0.15) is 0 Å². The zero-order chi connectivity index (χ0) is 15.1. The Labute approximate surface area is 128 Å². The lowest BCUT2D eigenvalue weighted by Gasteiger charge is -2.31. The van der Waals surface area contributed by atoms with Gasteiger partial charge in [-0.25, -0.2) is 0 Å². The lowest BCUT2D eigenvalue weighted by atomic mass is 10.1. The zero-order valence-electron chi connectivity index (χ0n) is 13.6. The van der Waals surface area contributed by atoms with Gasteiger partial charge in [0.2, 0.25) is 0 Å². The lowest BCUT2D eigenvalue weighted by Crippen LogP contribution is -2.43. The van der Waals surface area contributed by atoms with Gasteiger partial charge in [0.1, 0.15) is 5.75 Å². The van der Waals surface area contributed by atoms with Crippen molar-refractivity contribution < 1.29 is 4.74 Å². The first-order valence-corrected chi connectivity index (χ1v) is 8.12. The molecule has 0 aromatic heterocycles. The van der Waals surface area contributed by atoms with E-state index in [0.29, 0.717) is 12.5 Å². The molecular weight excluding hydrogens is 262 g/mol. The Morgan fingerprint density at radius 2 is 2.05 bits per heavy atom. The van der Waals surface area contributed by atoms with Crippen molar-refractivity contribution in [3.63, 3.8) is 0 Å². The van der Waals surface area contributed by atoms with Crippen LogP contribution >= 0.6 is 0 Å². The highest BCUT2D eigenvalue weighted by atomic mass is 16.5. The number of ether oxygens (including phenoxy) is 1. The average Bonchev–Trinajstić information content (AvgIpc) is 2.48. The molecule has 0 atom stereocenters. The van der Waals surface area contributed by atoms with E-state index in [-0.39, 0.29) is 0 Å². The fourth-order valence-electron chi connectivity index (χ4n) is 2.61. The summed E-state index contributed by atoms with van der Waals surface area (Å²) in [5.41, 5.74) is 2.52. The monoisotopic (exact) mass is 291 g/mol. The van der Waals surface area contributed by atoms with Crippen LogP contribution in [0, 0.1) is 5.92 Å². The number of piperazine rings is 1. The van der Waals surface area contributed by atoms with Gasteiger partial charge in [0, 0.05) is 32.7 Å². The van der Waals surface area contributed by atoms with E-state index >= 15 is 0 Å². The molecule has 0 aliphatic carbocycles. The highest BCUT2D eigenvalue weighted by molar-refractivity contribution is 5.60. The number of anilines is 1. The number of rotatable bonds is 7. The molecule has 1 aromatic rings. The fourth-order valence-corrected chi connectivity index (χ4v) is 2.61. The Morgan fingerprint density at radius 1 is 1.29 bits per heavy atom. The first-order chi connectivity index (χ1) is 10.2. The number of benzene rings is 1. The Kier molecular flexibility index (Phi) is 6.33.